The van der Waals surface area contributed by atoms with Gasteiger partial charge in [-0.25, -0.2) is 4.98 Å². The van der Waals surface area contributed by atoms with E-state index in [0.29, 0.717) is 11.3 Å². The molecule has 3 aromatic heterocycles. The molecule has 0 amide bonds. The molecule has 33 heavy (non-hydrogen) atoms. The maximum atomic E-state index is 10.2. The molecule has 0 saturated heterocycles. The lowest BCUT2D eigenvalue weighted by atomic mass is 9.80. The molecule has 0 N–H and O–H groups in total. The van der Waals surface area contributed by atoms with Crippen LogP contribution in [-0.2, 0) is 6.42 Å². The molecule has 5 heteroatoms. The number of nitrogens with zero attached hydrogens (tertiary/aromatic N) is 2. The van der Waals surface area contributed by atoms with Crippen LogP contribution in [0.5, 0.6) is 0 Å². The Balaban J connectivity index is 1.66. The molecule has 0 bridgehead atoms. The third-order valence-electron chi connectivity index (χ3n) is 6.66. The number of rotatable bonds is 9. The molecule has 0 fully saturated rings. The number of allylic oxidation sites excluding steroid dienone is 1. The lowest BCUT2D eigenvalue weighted by Crippen LogP contribution is -2.14. The van der Waals surface area contributed by atoms with E-state index in [1.807, 2.05) is 0 Å². The molecule has 172 valence electrons. The van der Waals surface area contributed by atoms with Crippen LogP contribution in [0.4, 0.5) is 0 Å². The largest absolute Gasteiger partial charge is 0.240 e. The smallest absolute Gasteiger partial charge is 0.115 e. The molecule has 0 aliphatic heterocycles. The third-order valence-corrected chi connectivity index (χ3v) is 9.38. The molecule has 0 saturated carbocycles. The van der Waals surface area contributed by atoms with Crippen LogP contribution in [-0.4, -0.2) is 10.7 Å². The molecule has 2 nitrogen and oxygen atoms in total. The second-order valence-electron chi connectivity index (χ2n) is 9.73. The maximum absolute atomic E-state index is 10.2. The van der Waals surface area contributed by atoms with Gasteiger partial charge in [0.05, 0.1) is 11.3 Å². The molecule has 0 radical (unpaired) electrons. The molecule has 0 spiro atoms. The molecular weight excluding hydrogens is 461 g/mol. The summed E-state index contributed by atoms with van der Waals surface area (Å²) >= 11 is 5.25. The first kappa shape index (κ1) is 24.3. The van der Waals surface area contributed by atoms with Crippen LogP contribution < -0.4 is 0 Å². The van der Waals surface area contributed by atoms with Gasteiger partial charge in [-0.05, 0) is 82.9 Å². The molecule has 1 atom stereocenters. The lowest BCUT2D eigenvalue weighted by Gasteiger charge is -2.26. The Morgan fingerprint density at radius 3 is 2.67 bits per heavy atom. The Morgan fingerprint density at radius 2 is 2.00 bits per heavy atom. The topological polar surface area (TPSA) is 36.7 Å². The highest BCUT2D eigenvalue weighted by atomic mass is 32.2. The van der Waals surface area contributed by atoms with Crippen molar-refractivity contribution in [2.75, 3.05) is 5.75 Å². The molecule has 4 rings (SSSR count). The van der Waals surface area contributed by atoms with Crippen molar-refractivity contribution in [3.05, 3.63) is 56.7 Å². The van der Waals surface area contributed by atoms with Gasteiger partial charge in [-0.15, -0.1) is 34.4 Å². The summed E-state index contributed by atoms with van der Waals surface area (Å²) in [7, 11) is 0. The SMILES string of the molecule is CCC(C)(C)CC(C)CCSc1nc2c(c(-c3cccs3)c1C#N)CC/C2=C\c1cccs1. The van der Waals surface area contributed by atoms with E-state index < -0.39 is 0 Å². The van der Waals surface area contributed by atoms with Crippen LogP contribution in [0.3, 0.4) is 0 Å². The number of thioether (sulfide) groups is 1. The zero-order chi connectivity index (χ0) is 23.4. The monoisotopic (exact) mass is 492 g/mol. The highest BCUT2D eigenvalue weighted by Gasteiger charge is 2.28. The Kier molecular flexibility index (Phi) is 7.79. The second-order valence-corrected chi connectivity index (χ2v) is 12.7. The number of aromatic nitrogens is 1. The van der Waals surface area contributed by atoms with Gasteiger partial charge in [0.15, 0.2) is 0 Å². The lowest BCUT2D eigenvalue weighted by molar-refractivity contribution is 0.264. The molecule has 3 heterocycles. The van der Waals surface area contributed by atoms with E-state index in [9.17, 15) is 5.26 Å². The van der Waals surface area contributed by atoms with Crippen molar-refractivity contribution in [1.82, 2.24) is 4.98 Å². The summed E-state index contributed by atoms with van der Waals surface area (Å²) in [6, 6.07) is 11.0. The predicted molar refractivity (Wildman–Crippen MR) is 146 cm³/mol. The Morgan fingerprint density at radius 1 is 1.21 bits per heavy atom. The summed E-state index contributed by atoms with van der Waals surface area (Å²) in [4.78, 5) is 7.58. The second kappa shape index (κ2) is 10.6. The summed E-state index contributed by atoms with van der Waals surface area (Å²) in [6.45, 7) is 9.36. The minimum atomic E-state index is 0.390. The molecular formula is C28H32N2S3. The standard InChI is InChI=1S/C28H32N2S3/c1-5-28(3,4)17-19(2)12-15-33-27-23(18-29)25(24-9-7-14-32-24)22-11-10-20(26(22)30-27)16-21-8-6-13-31-21/h6-9,13-14,16,19H,5,10-12,15,17H2,1-4H3/b20-16+. The van der Waals surface area contributed by atoms with Gasteiger partial charge < -0.3 is 0 Å². The van der Waals surface area contributed by atoms with Gasteiger partial charge in [-0.3, -0.25) is 0 Å². The fraction of sp³-hybridized carbons (Fsp3) is 0.429. The summed E-state index contributed by atoms with van der Waals surface area (Å²) in [5.74, 6) is 1.66. The van der Waals surface area contributed by atoms with Gasteiger partial charge in [0.1, 0.15) is 11.1 Å². The number of fused-ring (bicyclic) bond motifs is 1. The van der Waals surface area contributed by atoms with Crippen LogP contribution in [0.25, 0.3) is 22.1 Å². The van der Waals surface area contributed by atoms with Gasteiger partial charge in [0, 0.05) is 15.3 Å². The third kappa shape index (κ3) is 5.62. The average Bonchev–Trinajstić information content (AvgIpc) is 3.56. The molecule has 1 aliphatic carbocycles. The number of hydrogen-bond acceptors (Lipinski definition) is 5. The molecule has 1 unspecified atom stereocenters. The van der Waals surface area contributed by atoms with Gasteiger partial charge >= 0.3 is 0 Å². The van der Waals surface area contributed by atoms with Crippen molar-refractivity contribution in [2.24, 2.45) is 11.3 Å². The zero-order valence-electron chi connectivity index (χ0n) is 20.0. The Labute approximate surface area is 210 Å². The van der Waals surface area contributed by atoms with E-state index in [4.69, 9.17) is 4.98 Å². The van der Waals surface area contributed by atoms with Crippen LogP contribution in [0.15, 0.2) is 40.1 Å². The first-order valence-electron chi connectivity index (χ1n) is 11.8. The van der Waals surface area contributed by atoms with E-state index in [-0.39, 0.29) is 0 Å². The summed E-state index contributed by atoms with van der Waals surface area (Å²) in [5.41, 5.74) is 5.93. The zero-order valence-corrected chi connectivity index (χ0v) is 22.4. The molecule has 1 aliphatic rings. The van der Waals surface area contributed by atoms with E-state index >= 15 is 0 Å². The van der Waals surface area contributed by atoms with Gasteiger partial charge in [0.2, 0.25) is 0 Å². The van der Waals surface area contributed by atoms with E-state index in [1.165, 1.54) is 33.7 Å². The first-order chi connectivity index (χ1) is 15.9. The highest BCUT2D eigenvalue weighted by molar-refractivity contribution is 7.99. The van der Waals surface area contributed by atoms with Crippen LogP contribution in [0.1, 0.15) is 75.1 Å². The number of nitriles is 1. The fourth-order valence-corrected chi connectivity index (χ4v) is 7.27. The van der Waals surface area contributed by atoms with Crippen LogP contribution in [0.2, 0.25) is 0 Å². The fourth-order valence-electron chi connectivity index (χ4n) is 4.62. The van der Waals surface area contributed by atoms with Crippen molar-refractivity contribution in [3.8, 4) is 16.5 Å². The van der Waals surface area contributed by atoms with Gasteiger partial charge in [-0.1, -0.05) is 46.2 Å². The number of thiophene rings is 2. The molecule has 0 aromatic carbocycles. The van der Waals surface area contributed by atoms with Crippen molar-refractivity contribution in [3.63, 3.8) is 0 Å². The van der Waals surface area contributed by atoms with Gasteiger partial charge in [-0.2, -0.15) is 5.26 Å². The van der Waals surface area contributed by atoms with Crippen LogP contribution >= 0.6 is 34.4 Å². The van der Waals surface area contributed by atoms with Crippen LogP contribution in [0, 0.1) is 22.7 Å². The Bertz CT molecular complexity index is 1150. The first-order valence-corrected chi connectivity index (χ1v) is 14.5. The Hall–Kier alpha value is -1.87. The minimum Gasteiger partial charge on any atom is -0.240 e. The van der Waals surface area contributed by atoms with Crippen molar-refractivity contribution >= 4 is 46.1 Å². The molecule has 3 aromatic rings. The van der Waals surface area contributed by atoms with Crippen molar-refractivity contribution < 1.29 is 0 Å². The quantitative estimate of drug-likeness (QED) is 0.279. The highest BCUT2D eigenvalue weighted by Crippen LogP contribution is 2.44. The van der Waals surface area contributed by atoms with Crippen molar-refractivity contribution in [2.45, 2.75) is 64.8 Å². The summed E-state index contributed by atoms with van der Waals surface area (Å²) < 4.78 is 0. The van der Waals surface area contributed by atoms with E-state index in [2.05, 4.69) is 74.9 Å². The number of hydrogen-bond donors (Lipinski definition) is 0. The van der Waals surface area contributed by atoms with Gasteiger partial charge in [0.25, 0.3) is 0 Å². The number of pyridine rings is 1. The minimum absolute atomic E-state index is 0.390. The average molecular weight is 493 g/mol. The maximum Gasteiger partial charge on any atom is 0.115 e. The predicted octanol–water partition coefficient (Wildman–Crippen LogP) is 9.17. The van der Waals surface area contributed by atoms with E-state index in [1.54, 1.807) is 34.4 Å². The summed E-state index contributed by atoms with van der Waals surface area (Å²) in [6.07, 6.45) is 7.82. The normalized spacial score (nSPS) is 15.5. The summed E-state index contributed by atoms with van der Waals surface area (Å²) in [5, 5.41) is 15.3. The van der Waals surface area contributed by atoms with E-state index in [0.717, 1.165) is 46.9 Å². The van der Waals surface area contributed by atoms with Crippen molar-refractivity contribution in [1.29, 1.82) is 5.26 Å².